The molecule has 0 bridgehead atoms. The number of nitrogens with one attached hydrogen (secondary N) is 2. The molecule has 2 saturated heterocycles. The number of anilines is 1. The van der Waals surface area contributed by atoms with Crippen LogP contribution in [0, 0.1) is 24.8 Å². The number of rotatable bonds is 6. The van der Waals surface area contributed by atoms with Crippen LogP contribution < -0.4 is 10.6 Å². The van der Waals surface area contributed by atoms with Crippen LogP contribution in [0.4, 0.5) is 5.69 Å². The number of carbonyl (C=O) groups is 2. The highest BCUT2D eigenvalue weighted by Crippen LogP contribution is 2.24. The number of carbonyl (C=O) groups excluding carboxylic acids is 2. The lowest BCUT2D eigenvalue weighted by Gasteiger charge is -2.22. The molecule has 3 heterocycles. The van der Waals surface area contributed by atoms with Crippen LogP contribution in [0.25, 0.3) is 15.8 Å². The number of fused-ring (bicyclic) bond motifs is 1. The first-order chi connectivity index (χ1) is 15.5. The van der Waals surface area contributed by atoms with Gasteiger partial charge >= 0.3 is 5.70 Å². The number of hydrogen-bond acceptors (Lipinski definition) is 6. The van der Waals surface area contributed by atoms with Gasteiger partial charge in [0.15, 0.2) is 0 Å². The van der Waals surface area contributed by atoms with Crippen LogP contribution in [0.5, 0.6) is 0 Å². The summed E-state index contributed by atoms with van der Waals surface area (Å²) in [6.45, 7) is 11.2. The minimum atomic E-state index is -0.617. The molecule has 2 amide bonds. The van der Waals surface area contributed by atoms with Gasteiger partial charge in [0.05, 0.1) is 19.2 Å². The van der Waals surface area contributed by atoms with Crippen molar-refractivity contribution in [3.8, 4) is 6.07 Å². The first-order valence-corrected chi connectivity index (χ1v) is 10.6. The van der Waals surface area contributed by atoms with E-state index in [1.807, 2.05) is 25.1 Å². The van der Waals surface area contributed by atoms with Crippen LogP contribution in [0.1, 0.15) is 25.0 Å². The number of amides is 2. The van der Waals surface area contributed by atoms with E-state index in [9.17, 15) is 14.9 Å². The molecule has 9 nitrogen and oxygen atoms in total. The number of allylic oxidation sites excluding steroid dienone is 1. The Kier molecular flexibility index (Phi) is 6.00. The molecule has 32 heavy (non-hydrogen) atoms. The molecular weight excluding hydrogens is 408 g/mol. The molecule has 2 fully saturated rings. The molecule has 0 radical (unpaired) electrons. The zero-order valence-corrected chi connectivity index (χ0v) is 17.9. The summed E-state index contributed by atoms with van der Waals surface area (Å²) in [6, 6.07) is 8.59. The van der Waals surface area contributed by atoms with Gasteiger partial charge in [-0.25, -0.2) is 10.1 Å². The van der Waals surface area contributed by atoms with E-state index >= 15 is 0 Å². The Morgan fingerprint density at radius 1 is 1.31 bits per heavy atom. The molecule has 2 N–H and O–H groups in total. The van der Waals surface area contributed by atoms with Crippen molar-refractivity contribution in [3.05, 3.63) is 53.0 Å². The zero-order chi connectivity index (χ0) is 22.7. The normalized spacial score (nSPS) is 19.0. The van der Waals surface area contributed by atoms with Gasteiger partial charge in [0.25, 0.3) is 0 Å². The Hall–Kier alpha value is -3.98. The molecule has 2 aliphatic heterocycles. The van der Waals surface area contributed by atoms with Crippen molar-refractivity contribution in [1.29, 1.82) is 5.26 Å². The largest absolute Gasteiger partial charge is 0.461 e. The van der Waals surface area contributed by atoms with E-state index in [-0.39, 0.29) is 29.9 Å². The lowest BCUT2D eigenvalue weighted by molar-refractivity contribution is -0.138. The summed E-state index contributed by atoms with van der Waals surface area (Å²) >= 11 is 0. The minimum absolute atomic E-state index is 0.0343. The van der Waals surface area contributed by atoms with E-state index in [4.69, 9.17) is 11.0 Å². The molecule has 9 heteroatoms. The number of aryl methyl sites for hydroxylation is 1. The fourth-order valence-corrected chi connectivity index (χ4v) is 4.13. The summed E-state index contributed by atoms with van der Waals surface area (Å²) in [5.41, 5.74) is 1.22. The molecule has 0 saturated carbocycles. The first kappa shape index (κ1) is 21.3. The molecule has 164 valence electrons. The molecule has 0 spiro atoms. The van der Waals surface area contributed by atoms with Crippen LogP contribution in [-0.2, 0) is 9.59 Å². The monoisotopic (exact) mass is 432 g/mol. The van der Waals surface area contributed by atoms with Gasteiger partial charge in [-0.2, -0.15) is 0 Å². The lowest BCUT2D eigenvalue weighted by atomic mass is 10.2. The topological polar surface area (TPSA) is 106 Å². The number of hydrogen-bond donors (Lipinski definition) is 2. The molecule has 2 aliphatic rings. The zero-order valence-electron chi connectivity index (χ0n) is 17.9. The third kappa shape index (κ3) is 4.37. The Labute approximate surface area is 186 Å². The molecule has 1 aromatic heterocycles. The Morgan fingerprint density at radius 2 is 2.09 bits per heavy atom. The Balaban J connectivity index is 1.47. The van der Waals surface area contributed by atoms with E-state index in [2.05, 4.69) is 15.5 Å². The molecule has 1 aromatic carbocycles. The van der Waals surface area contributed by atoms with Crippen LogP contribution in [0.15, 0.2) is 40.2 Å². The van der Waals surface area contributed by atoms with Gasteiger partial charge < -0.3 is 24.9 Å². The van der Waals surface area contributed by atoms with Crippen molar-refractivity contribution < 1.29 is 14.0 Å². The first-order valence-electron chi connectivity index (χ1n) is 10.6. The third-order valence-electron chi connectivity index (χ3n) is 5.76. The van der Waals surface area contributed by atoms with E-state index < -0.39 is 6.04 Å². The van der Waals surface area contributed by atoms with Crippen LogP contribution in [0.2, 0.25) is 0 Å². The van der Waals surface area contributed by atoms with E-state index in [1.165, 1.54) is 0 Å². The second kappa shape index (κ2) is 9.03. The molecule has 4 rings (SSSR count). The molecule has 0 aliphatic carbocycles. The fourth-order valence-electron chi connectivity index (χ4n) is 4.13. The standard InChI is InChI=1S/C23H24N6O3/c1-15-11-16-12-17(5-6-20(16)32-15)26-22(19(13-24)25-2)27-18-7-10-29(23(18)31)14-21(30)28-8-3-4-9-28/h5-6,11-12,18,26-27H,3-4,7-10,14H2,1H3/b22-19+/t18-/m0/s1. The molecular formula is C23H24N6O3. The van der Waals surface area contributed by atoms with Crippen molar-refractivity contribution >= 4 is 28.5 Å². The van der Waals surface area contributed by atoms with Crippen molar-refractivity contribution in [1.82, 2.24) is 15.1 Å². The highest BCUT2D eigenvalue weighted by atomic mass is 16.3. The third-order valence-corrected chi connectivity index (χ3v) is 5.76. The smallest absolute Gasteiger partial charge is 0.300 e. The number of benzene rings is 1. The van der Waals surface area contributed by atoms with Gasteiger partial charge in [-0.05, 0) is 50.5 Å². The predicted molar refractivity (Wildman–Crippen MR) is 118 cm³/mol. The quantitative estimate of drug-likeness (QED) is 0.537. The number of nitriles is 1. The molecule has 0 unspecified atom stereocenters. The highest BCUT2D eigenvalue weighted by Gasteiger charge is 2.34. The number of nitrogens with zero attached hydrogens (tertiary/aromatic N) is 4. The van der Waals surface area contributed by atoms with Crippen LogP contribution in [0.3, 0.4) is 0 Å². The summed E-state index contributed by atoms with van der Waals surface area (Å²) in [7, 11) is 0. The average Bonchev–Trinajstić information content (AvgIpc) is 3.50. The molecule has 1 atom stereocenters. The minimum Gasteiger partial charge on any atom is -0.461 e. The van der Waals surface area contributed by atoms with Gasteiger partial charge in [0.2, 0.25) is 11.8 Å². The maximum atomic E-state index is 12.9. The van der Waals surface area contributed by atoms with Crippen LogP contribution >= 0.6 is 0 Å². The fraction of sp³-hybridized carbons (Fsp3) is 0.391. The summed E-state index contributed by atoms with van der Waals surface area (Å²) in [5.74, 6) is 0.714. The maximum absolute atomic E-state index is 12.9. The van der Waals surface area contributed by atoms with Gasteiger partial charge in [-0.3, -0.25) is 9.59 Å². The average molecular weight is 432 g/mol. The summed E-state index contributed by atoms with van der Waals surface area (Å²) in [4.78, 5) is 31.9. The maximum Gasteiger partial charge on any atom is 0.300 e. The predicted octanol–water partition coefficient (Wildman–Crippen LogP) is 2.58. The Bertz CT molecular complexity index is 1150. The van der Waals surface area contributed by atoms with E-state index in [0.29, 0.717) is 18.7 Å². The van der Waals surface area contributed by atoms with Crippen molar-refractivity contribution in [3.63, 3.8) is 0 Å². The Morgan fingerprint density at radius 3 is 2.81 bits per heavy atom. The van der Waals surface area contributed by atoms with Crippen molar-refractivity contribution in [2.24, 2.45) is 0 Å². The summed E-state index contributed by atoms with van der Waals surface area (Å²) in [5, 5.41) is 16.4. The summed E-state index contributed by atoms with van der Waals surface area (Å²) in [6.07, 6.45) is 2.48. The van der Waals surface area contributed by atoms with Crippen molar-refractivity contribution in [2.45, 2.75) is 32.2 Å². The molecule has 2 aromatic rings. The van der Waals surface area contributed by atoms with Gasteiger partial charge in [-0.1, -0.05) is 0 Å². The second-order valence-electron chi connectivity index (χ2n) is 8.02. The summed E-state index contributed by atoms with van der Waals surface area (Å²) < 4.78 is 5.58. The number of furan rings is 1. The number of likely N-dealkylation sites (tertiary alicyclic amines) is 2. The van der Waals surface area contributed by atoms with Gasteiger partial charge in [0.1, 0.15) is 23.2 Å². The van der Waals surface area contributed by atoms with Gasteiger partial charge in [-0.15, -0.1) is 0 Å². The highest BCUT2D eigenvalue weighted by molar-refractivity contribution is 5.89. The van der Waals surface area contributed by atoms with E-state index in [0.717, 1.165) is 42.7 Å². The second-order valence-corrected chi connectivity index (χ2v) is 8.02. The van der Waals surface area contributed by atoms with E-state index in [1.54, 1.807) is 21.9 Å². The van der Waals surface area contributed by atoms with Gasteiger partial charge in [0, 0.05) is 30.7 Å². The lowest BCUT2D eigenvalue weighted by Crippen LogP contribution is -2.44. The van der Waals surface area contributed by atoms with Crippen molar-refractivity contribution in [2.75, 3.05) is 31.5 Å². The SMILES string of the molecule is [C-]#[N+]/C(C#N)=C(\Nc1ccc2oc(C)cc2c1)N[C@H]1CCN(CC(=O)N2CCCC2)C1=O. The van der Waals surface area contributed by atoms with Crippen LogP contribution in [-0.4, -0.2) is 53.8 Å².